The molecule has 3 N–H and O–H groups in total. The number of nitrogens with one attached hydrogen (secondary N) is 1. The maximum absolute atomic E-state index is 11.3. The number of carbonyl (C=O) groups is 1. The Labute approximate surface area is 151 Å². The monoisotopic (exact) mass is 406 g/mol. The van der Waals surface area contributed by atoms with E-state index in [4.69, 9.17) is 21.9 Å². The highest BCUT2D eigenvalue weighted by Gasteiger charge is 2.10. The summed E-state index contributed by atoms with van der Waals surface area (Å²) >= 11 is 9.32. The number of amides is 1. The number of anilines is 1. The van der Waals surface area contributed by atoms with Crippen LogP contribution in [0, 0.1) is 0 Å². The van der Waals surface area contributed by atoms with Gasteiger partial charge in [-0.25, -0.2) is 0 Å². The van der Waals surface area contributed by atoms with Crippen molar-refractivity contribution in [3.8, 4) is 11.4 Å². The zero-order valence-electron chi connectivity index (χ0n) is 12.3. The van der Waals surface area contributed by atoms with Crippen molar-refractivity contribution in [2.24, 2.45) is 5.73 Å². The summed E-state index contributed by atoms with van der Waals surface area (Å²) in [4.78, 5) is 15.6. The minimum atomic E-state index is -0.585. The highest BCUT2D eigenvalue weighted by molar-refractivity contribution is 9.10. The van der Waals surface area contributed by atoms with Crippen LogP contribution in [0.1, 0.15) is 16.2 Å². The van der Waals surface area contributed by atoms with E-state index >= 15 is 0 Å². The molecule has 0 aliphatic heterocycles. The van der Waals surface area contributed by atoms with Gasteiger partial charge < -0.3 is 15.6 Å². The molecule has 1 heterocycles. The lowest BCUT2D eigenvalue weighted by Crippen LogP contribution is -2.12. The van der Waals surface area contributed by atoms with Gasteiger partial charge in [-0.15, -0.1) is 0 Å². The normalized spacial score (nSPS) is 10.6. The Morgan fingerprint density at radius 1 is 1.29 bits per heavy atom. The number of hydrogen-bond donors (Lipinski definition) is 2. The molecule has 0 saturated carbocycles. The first-order chi connectivity index (χ1) is 11.5. The molecule has 6 nitrogen and oxygen atoms in total. The Hall–Kier alpha value is -2.38. The van der Waals surface area contributed by atoms with E-state index in [0.717, 1.165) is 10.0 Å². The third kappa shape index (κ3) is 3.74. The molecular formula is C16H12BrClN4O2. The van der Waals surface area contributed by atoms with E-state index in [1.54, 1.807) is 18.2 Å². The van der Waals surface area contributed by atoms with Gasteiger partial charge in [0.2, 0.25) is 17.6 Å². The summed E-state index contributed by atoms with van der Waals surface area (Å²) in [6.45, 7) is 0.306. The molecule has 24 heavy (non-hydrogen) atoms. The first kappa shape index (κ1) is 16.5. The molecule has 3 aromatic rings. The van der Waals surface area contributed by atoms with E-state index in [2.05, 4.69) is 31.4 Å². The maximum Gasteiger partial charge on any atom is 0.250 e. The number of halogens is 2. The molecule has 122 valence electrons. The summed E-state index contributed by atoms with van der Waals surface area (Å²) < 4.78 is 6.16. The fraction of sp³-hybridized carbons (Fsp3) is 0.0625. The first-order valence-electron chi connectivity index (χ1n) is 6.94. The van der Waals surface area contributed by atoms with Crippen molar-refractivity contribution in [2.75, 3.05) is 5.32 Å². The number of primary amides is 1. The summed E-state index contributed by atoms with van der Waals surface area (Å²) in [5.74, 6) is 0.334. The van der Waals surface area contributed by atoms with E-state index in [-0.39, 0.29) is 5.56 Å². The topological polar surface area (TPSA) is 94.0 Å². The molecule has 0 radical (unpaired) electrons. The Kier molecular flexibility index (Phi) is 4.82. The Balaban J connectivity index is 1.72. The van der Waals surface area contributed by atoms with Crippen molar-refractivity contribution in [1.29, 1.82) is 0 Å². The number of hydrogen-bond acceptors (Lipinski definition) is 5. The van der Waals surface area contributed by atoms with Crippen LogP contribution in [-0.2, 0) is 6.54 Å². The van der Waals surface area contributed by atoms with Gasteiger partial charge in [0.1, 0.15) is 0 Å². The fourth-order valence-corrected chi connectivity index (χ4v) is 2.68. The second-order valence-electron chi connectivity index (χ2n) is 4.93. The zero-order valence-corrected chi connectivity index (χ0v) is 14.6. The third-order valence-electron chi connectivity index (χ3n) is 3.23. The van der Waals surface area contributed by atoms with E-state index in [1.165, 1.54) is 0 Å². The van der Waals surface area contributed by atoms with Gasteiger partial charge in [-0.3, -0.25) is 4.79 Å². The quantitative estimate of drug-likeness (QED) is 0.669. The van der Waals surface area contributed by atoms with Crippen LogP contribution >= 0.6 is 27.5 Å². The summed E-state index contributed by atoms with van der Waals surface area (Å²) in [5, 5.41) is 7.35. The number of nitrogens with zero attached hydrogens (tertiary/aromatic N) is 2. The first-order valence-corrected chi connectivity index (χ1v) is 8.12. The molecule has 0 spiro atoms. The number of rotatable bonds is 5. The van der Waals surface area contributed by atoms with Gasteiger partial charge >= 0.3 is 0 Å². The predicted octanol–water partition coefficient (Wildman–Crippen LogP) is 3.86. The Morgan fingerprint density at radius 2 is 2.12 bits per heavy atom. The van der Waals surface area contributed by atoms with E-state index in [1.807, 2.05) is 24.3 Å². The largest absolute Gasteiger partial charge is 0.376 e. The van der Waals surface area contributed by atoms with Crippen molar-refractivity contribution < 1.29 is 9.32 Å². The molecule has 0 aliphatic carbocycles. The van der Waals surface area contributed by atoms with E-state index in [9.17, 15) is 4.79 Å². The number of nitrogens with two attached hydrogens (primary N) is 1. The SMILES string of the molecule is NC(=O)c1cc(NCc2nc(-c3cccc(Br)c3)no2)ccc1Cl. The standard InChI is InChI=1S/C16H12BrClN4O2/c17-10-3-1-2-9(6-10)16-21-14(24-22-16)8-20-11-4-5-13(18)12(7-11)15(19)23/h1-7,20H,8H2,(H2,19,23). The van der Waals surface area contributed by atoms with Crippen LogP contribution in [0.5, 0.6) is 0 Å². The van der Waals surface area contributed by atoms with Crippen LogP contribution in [0.4, 0.5) is 5.69 Å². The van der Waals surface area contributed by atoms with Gasteiger partial charge in [0.25, 0.3) is 0 Å². The smallest absolute Gasteiger partial charge is 0.250 e. The lowest BCUT2D eigenvalue weighted by atomic mass is 10.2. The van der Waals surface area contributed by atoms with Gasteiger partial charge in [-0.1, -0.05) is 44.8 Å². The van der Waals surface area contributed by atoms with Crippen molar-refractivity contribution in [1.82, 2.24) is 10.1 Å². The zero-order chi connectivity index (χ0) is 17.1. The van der Waals surface area contributed by atoms with Crippen LogP contribution in [0.3, 0.4) is 0 Å². The molecule has 1 amide bonds. The summed E-state index contributed by atoms with van der Waals surface area (Å²) in [6, 6.07) is 12.5. The van der Waals surface area contributed by atoms with Crippen LogP contribution in [-0.4, -0.2) is 16.0 Å². The lowest BCUT2D eigenvalue weighted by molar-refractivity contribution is 0.100. The van der Waals surface area contributed by atoms with Crippen molar-refractivity contribution in [3.63, 3.8) is 0 Å². The molecular weight excluding hydrogens is 396 g/mol. The molecule has 0 aliphatic rings. The maximum atomic E-state index is 11.3. The lowest BCUT2D eigenvalue weighted by Gasteiger charge is -2.06. The van der Waals surface area contributed by atoms with Crippen LogP contribution in [0.2, 0.25) is 5.02 Å². The minimum Gasteiger partial charge on any atom is -0.376 e. The fourth-order valence-electron chi connectivity index (χ4n) is 2.07. The summed E-state index contributed by atoms with van der Waals surface area (Å²) in [7, 11) is 0. The van der Waals surface area contributed by atoms with E-state index < -0.39 is 5.91 Å². The van der Waals surface area contributed by atoms with Crippen molar-refractivity contribution in [2.45, 2.75) is 6.54 Å². The molecule has 2 aromatic carbocycles. The van der Waals surface area contributed by atoms with Crippen LogP contribution in [0.25, 0.3) is 11.4 Å². The molecule has 8 heteroatoms. The van der Waals surface area contributed by atoms with Gasteiger partial charge in [0, 0.05) is 15.7 Å². The number of carbonyl (C=O) groups excluding carboxylic acids is 1. The Bertz CT molecular complexity index is 897. The number of benzene rings is 2. The van der Waals surface area contributed by atoms with Gasteiger partial charge in [-0.2, -0.15) is 4.98 Å². The number of aromatic nitrogens is 2. The summed E-state index contributed by atoms with van der Waals surface area (Å²) in [6.07, 6.45) is 0. The highest BCUT2D eigenvalue weighted by Crippen LogP contribution is 2.22. The van der Waals surface area contributed by atoms with Gasteiger partial charge in [-0.05, 0) is 30.3 Å². The second-order valence-corrected chi connectivity index (χ2v) is 6.26. The van der Waals surface area contributed by atoms with Gasteiger partial charge in [0.05, 0.1) is 17.1 Å². The molecule has 0 fully saturated rings. The predicted molar refractivity (Wildman–Crippen MR) is 94.7 cm³/mol. The Morgan fingerprint density at radius 3 is 2.88 bits per heavy atom. The molecule has 3 rings (SSSR count). The summed E-state index contributed by atoms with van der Waals surface area (Å²) in [5.41, 5.74) is 7.05. The van der Waals surface area contributed by atoms with Crippen molar-refractivity contribution >= 4 is 39.1 Å². The van der Waals surface area contributed by atoms with E-state index in [0.29, 0.717) is 29.0 Å². The minimum absolute atomic E-state index is 0.252. The molecule has 0 saturated heterocycles. The van der Waals surface area contributed by atoms with Crippen LogP contribution in [0.15, 0.2) is 51.5 Å². The van der Waals surface area contributed by atoms with Crippen molar-refractivity contribution in [3.05, 3.63) is 63.4 Å². The molecule has 0 unspecified atom stereocenters. The highest BCUT2D eigenvalue weighted by atomic mass is 79.9. The average molecular weight is 408 g/mol. The second kappa shape index (κ2) is 7.02. The molecule has 0 bridgehead atoms. The van der Waals surface area contributed by atoms with Gasteiger partial charge in [0.15, 0.2) is 0 Å². The average Bonchev–Trinajstić information content (AvgIpc) is 3.03. The third-order valence-corrected chi connectivity index (χ3v) is 4.05. The molecule has 1 aromatic heterocycles. The van der Waals surface area contributed by atoms with Crippen LogP contribution < -0.4 is 11.1 Å². The molecule has 0 atom stereocenters.